The molecule has 3 N–H and O–H groups in total. The molecule has 5 nitrogen and oxygen atoms in total. The lowest BCUT2D eigenvalue weighted by Gasteiger charge is -2.13. The molecule has 1 heterocycles. The number of rotatable bonds is 10. The van der Waals surface area contributed by atoms with Gasteiger partial charge in [-0.3, -0.25) is 0 Å². The average Bonchev–Trinajstić information content (AvgIpc) is 3.19. The van der Waals surface area contributed by atoms with Gasteiger partial charge in [-0.2, -0.15) is 0 Å². The second-order valence-corrected chi connectivity index (χ2v) is 7.78. The molecule has 0 spiro atoms. The number of hydroxylamine groups is 1. The van der Waals surface area contributed by atoms with E-state index in [9.17, 15) is 4.39 Å². The van der Waals surface area contributed by atoms with Gasteiger partial charge in [-0.15, -0.1) is 11.3 Å². The van der Waals surface area contributed by atoms with E-state index in [0.717, 1.165) is 51.8 Å². The highest BCUT2D eigenvalue weighted by Crippen LogP contribution is 2.41. The van der Waals surface area contributed by atoms with Crippen molar-refractivity contribution in [3.8, 4) is 27.4 Å². The number of nitrogens with zero attached hydrogens (tertiary/aromatic N) is 1. The lowest BCUT2D eigenvalue weighted by molar-refractivity contribution is 0.162. The maximum Gasteiger partial charge on any atom is 0.123 e. The van der Waals surface area contributed by atoms with Gasteiger partial charge in [0.05, 0.1) is 22.7 Å². The zero-order valence-corrected chi connectivity index (χ0v) is 17.4. The molecule has 0 aliphatic carbocycles. The molecule has 29 heavy (non-hydrogen) atoms. The number of benzene rings is 2. The first-order valence-corrected chi connectivity index (χ1v) is 10.4. The van der Waals surface area contributed by atoms with E-state index in [2.05, 4.69) is 10.8 Å². The molecular weight excluding hydrogens is 389 g/mol. The predicted molar refractivity (Wildman–Crippen MR) is 115 cm³/mol. The highest BCUT2D eigenvalue weighted by Gasteiger charge is 2.21. The van der Waals surface area contributed by atoms with Gasteiger partial charge >= 0.3 is 0 Å². The third-order valence-corrected chi connectivity index (χ3v) is 6.08. The Morgan fingerprint density at radius 2 is 1.69 bits per heavy atom. The fourth-order valence-electron chi connectivity index (χ4n) is 3.20. The van der Waals surface area contributed by atoms with Gasteiger partial charge < -0.3 is 15.3 Å². The summed E-state index contributed by atoms with van der Waals surface area (Å²) in [6.07, 6.45) is 1.69. The Labute approximate surface area is 174 Å². The van der Waals surface area contributed by atoms with E-state index in [-0.39, 0.29) is 11.7 Å². The van der Waals surface area contributed by atoms with Crippen LogP contribution in [0.15, 0.2) is 48.5 Å². The van der Waals surface area contributed by atoms with Gasteiger partial charge in [-0.05, 0) is 68.4 Å². The molecule has 0 saturated carbocycles. The first kappa shape index (κ1) is 21.4. The summed E-state index contributed by atoms with van der Waals surface area (Å²) in [5, 5.41) is 13.2. The zero-order valence-electron chi connectivity index (χ0n) is 16.6. The van der Waals surface area contributed by atoms with Gasteiger partial charge in [-0.1, -0.05) is 12.1 Å². The summed E-state index contributed by atoms with van der Waals surface area (Å²) < 4.78 is 18.7. The van der Waals surface area contributed by atoms with Crippen molar-refractivity contribution >= 4 is 11.3 Å². The Balaban J connectivity index is 2.04. The largest absolute Gasteiger partial charge is 0.497 e. The molecule has 2 aromatic carbocycles. The number of ether oxygens (including phenoxy) is 1. The van der Waals surface area contributed by atoms with Gasteiger partial charge in [0.1, 0.15) is 11.6 Å². The summed E-state index contributed by atoms with van der Waals surface area (Å²) in [6.45, 7) is 1.36. The lowest BCUT2D eigenvalue weighted by Crippen LogP contribution is -2.17. The fourth-order valence-corrected chi connectivity index (χ4v) is 4.46. The van der Waals surface area contributed by atoms with E-state index in [1.54, 1.807) is 30.6 Å². The number of methoxy groups -OCH3 is 1. The second-order valence-electron chi connectivity index (χ2n) is 6.75. The third-order valence-electron chi connectivity index (χ3n) is 4.81. The number of thiazole rings is 1. The van der Waals surface area contributed by atoms with E-state index in [1.807, 2.05) is 31.3 Å². The molecule has 1 atom stereocenters. The first-order chi connectivity index (χ1) is 14.2. The number of nitrogens with one attached hydrogen (secondary N) is 2. The first-order valence-electron chi connectivity index (χ1n) is 9.59. The van der Waals surface area contributed by atoms with Crippen molar-refractivity contribution in [2.24, 2.45) is 0 Å². The van der Waals surface area contributed by atoms with Crippen molar-refractivity contribution in [3.63, 3.8) is 0 Å². The maximum absolute atomic E-state index is 13.5. The van der Waals surface area contributed by atoms with Crippen LogP contribution in [-0.2, 0) is 0 Å². The molecular formula is C22H26FN3O2S. The minimum atomic E-state index is -0.259. The number of aromatic nitrogens is 1. The lowest BCUT2D eigenvalue weighted by atomic mass is 10.0. The quantitative estimate of drug-likeness (QED) is 0.419. The van der Waals surface area contributed by atoms with Crippen molar-refractivity contribution in [3.05, 3.63) is 59.4 Å². The average molecular weight is 416 g/mol. The second kappa shape index (κ2) is 10.5. The minimum Gasteiger partial charge on any atom is -0.497 e. The van der Waals surface area contributed by atoms with E-state index < -0.39 is 0 Å². The molecule has 0 amide bonds. The van der Waals surface area contributed by atoms with E-state index in [1.165, 1.54) is 12.1 Å². The SMILES string of the molecule is CNCCC(CCNO)c1nc(-c2ccc(OC)cc2)c(-c2ccc(F)cc2)s1. The molecule has 0 saturated heterocycles. The van der Waals surface area contributed by atoms with E-state index in [0.29, 0.717) is 6.54 Å². The Bertz CT molecular complexity index is 889. The summed E-state index contributed by atoms with van der Waals surface area (Å²) in [6, 6.07) is 14.3. The van der Waals surface area contributed by atoms with Crippen molar-refractivity contribution < 1.29 is 14.3 Å². The fraction of sp³-hybridized carbons (Fsp3) is 0.318. The van der Waals surface area contributed by atoms with Crippen LogP contribution in [0.3, 0.4) is 0 Å². The minimum absolute atomic E-state index is 0.207. The summed E-state index contributed by atoms with van der Waals surface area (Å²) in [4.78, 5) is 6.00. The highest BCUT2D eigenvalue weighted by atomic mass is 32.1. The summed E-state index contributed by atoms with van der Waals surface area (Å²) in [5.74, 6) is 0.733. The number of hydrogen-bond donors (Lipinski definition) is 3. The molecule has 7 heteroatoms. The monoisotopic (exact) mass is 415 g/mol. The smallest absolute Gasteiger partial charge is 0.123 e. The zero-order chi connectivity index (χ0) is 20.6. The molecule has 0 fully saturated rings. The topological polar surface area (TPSA) is 66.4 Å². The van der Waals surface area contributed by atoms with Crippen LogP contribution in [0.5, 0.6) is 5.75 Å². The van der Waals surface area contributed by atoms with Crippen molar-refractivity contribution in [2.45, 2.75) is 18.8 Å². The van der Waals surface area contributed by atoms with Gasteiger partial charge in [0, 0.05) is 18.0 Å². The van der Waals surface area contributed by atoms with Gasteiger partial charge in [-0.25, -0.2) is 14.9 Å². The van der Waals surface area contributed by atoms with Gasteiger partial charge in [0.25, 0.3) is 0 Å². The van der Waals surface area contributed by atoms with Crippen LogP contribution in [0.1, 0.15) is 23.8 Å². The highest BCUT2D eigenvalue weighted by molar-refractivity contribution is 7.15. The van der Waals surface area contributed by atoms with Crippen LogP contribution >= 0.6 is 11.3 Å². The van der Waals surface area contributed by atoms with Crippen LogP contribution < -0.4 is 15.5 Å². The van der Waals surface area contributed by atoms with Crippen molar-refractivity contribution in [2.75, 3.05) is 27.2 Å². The molecule has 1 aromatic heterocycles. The van der Waals surface area contributed by atoms with Crippen LogP contribution in [-0.4, -0.2) is 37.4 Å². The number of halogens is 1. The molecule has 0 bridgehead atoms. The standard InChI is InChI=1S/C22H26FN3O2S/c1-24-13-11-17(12-14-25-27)22-26-20(15-5-9-19(28-2)10-6-15)21(29-22)16-3-7-18(23)8-4-16/h3-10,17,24-25,27H,11-14H2,1-2H3. The maximum atomic E-state index is 13.5. The van der Waals surface area contributed by atoms with Crippen molar-refractivity contribution in [1.82, 2.24) is 15.8 Å². The summed E-state index contributed by atoms with van der Waals surface area (Å²) in [5.41, 5.74) is 5.05. The summed E-state index contributed by atoms with van der Waals surface area (Å²) >= 11 is 1.63. The normalized spacial score (nSPS) is 12.1. The van der Waals surface area contributed by atoms with E-state index >= 15 is 0 Å². The molecule has 0 aliphatic heterocycles. The Morgan fingerprint density at radius 1 is 1.03 bits per heavy atom. The Kier molecular flexibility index (Phi) is 7.71. The van der Waals surface area contributed by atoms with Gasteiger partial charge in [0.15, 0.2) is 0 Å². The van der Waals surface area contributed by atoms with Crippen LogP contribution in [0.25, 0.3) is 21.7 Å². The van der Waals surface area contributed by atoms with Crippen LogP contribution in [0, 0.1) is 5.82 Å². The van der Waals surface area contributed by atoms with Crippen LogP contribution in [0.4, 0.5) is 4.39 Å². The van der Waals surface area contributed by atoms with E-state index in [4.69, 9.17) is 14.9 Å². The molecule has 3 aromatic rings. The van der Waals surface area contributed by atoms with Gasteiger partial charge in [0.2, 0.25) is 0 Å². The number of hydrogen-bond acceptors (Lipinski definition) is 6. The Hall–Kier alpha value is -2.32. The van der Waals surface area contributed by atoms with Crippen molar-refractivity contribution in [1.29, 1.82) is 0 Å². The third kappa shape index (κ3) is 5.39. The van der Waals surface area contributed by atoms with Crippen LogP contribution in [0.2, 0.25) is 0 Å². The molecule has 154 valence electrons. The molecule has 1 unspecified atom stereocenters. The summed E-state index contributed by atoms with van der Waals surface area (Å²) in [7, 11) is 3.57. The molecule has 0 aliphatic rings. The molecule has 3 rings (SSSR count). The Morgan fingerprint density at radius 3 is 2.31 bits per heavy atom. The molecule has 0 radical (unpaired) electrons. The predicted octanol–water partition coefficient (Wildman–Crippen LogP) is 4.69.